The van der Waals surface area contributed by atoms with E-state index in [4.69, 9.17) is 0 Å². The van der Waals surface area contributed by atoms with Crippen LogP contribution in [-0.2, 0) is 6.18 Å². The van der Waals surface area contributed by atoms with Gasteiger partial charge in [-0.15, -0.1) is 0 Å². The normalized spacial score (nSPS) is 11.5. The zero-order chi connectivity index (χ0) is 23.8. The fourth-order valence-corrected chi connectivity index (χ4v) is 3.40. The Kier molecular flexibility index (Phi) is 5.67. The number of aromatic nitrogens is 3. The van der Waals surface area contributed by atoms with Crippen LogP contribution in [0, 0.1) is 0 Å². The second-order valence-corrected chi connectivity index (χ2v) is 7.53. The zero-order valence-corrected chi connectivity index (χ0v) is 18.1. The van der Waals surface area contributed by atoms with Crippen LogP contribution in [0.1, 0.15) is 15.9 Å². The summed E-state index contributed by atoms with van der Waals surface area (Å²) in [5, 5.41) is 6.08. The quantitative estimate of drug-likeness (QED) is 0.448. The number of carbonyl (C=O) groups excluding carboxylic acids is 1. The third-order valence-electron chi connectivity index (χ3n) is 5.01. The van der Waals surface area contributed by atoms with Crippen molar-refractivity contribution < 1.29 is 18.0 Å². The molecule has 170 valence electrons. The first kappa shape index (κ1) is 22.1. The van der Waals surface area contributed by atoms with Crippen molar-refractivity contribution in [1.82, 2.24) is 19.4 Å². The minimum Gasteiger partial charge on any atom is -0.358 e. The summed E-state index contributed by atoms with van der Waals surface area (Å²) in [6, 6.07) is 13.7. The summed E-state index contributed by atoms with van der Waals surface area (Å²) in [6.07, 6.45) is -2.91. The molecule has 0 radical (unpaired) electrons. The van der Waals surface area contributed by atoms with Crippen LogP contribution < -0.4 is 10.6 Å². The number of halogens is 3. The van der Waals surface area contributed by atoms with Crippen LogP contribution in [0.5, 0.6) is 0 Å². The number of carbonyl (C=O) groups is 1. The van der Waals surface area contributed by atoms with Crippen LogP contribution in [0.3, 0.4) is 0 Å². The largest absolute Gasteiger partial charge is 0.416 e. The highest BCUT2D eigenvalue weighted by Crippen LogP contribution is 2.33. The lowest BCUT2D eigenvalue weighted by molar-refractivity contribution is -0.137. The minimum atomic E-state index is -4.46. The SMILES string of the molecule is CNc1nc2cnc(Nc3ccc(C(=O)N(C)C)cc3)cc2n1-c1cccc(C(F)(F)F)c1. The first-order chi connectivity index (χ1) is 15.7. The molecule has 4 rings (SSSR count). The highest BCUT2D eigenvalue weighted by Gasteiger charge is 2.30. The number of hydrogen-bond acceptors (Lipinski definition) is 5. The monoisotopic (exact) mass is 454 g/mol. The van der Waals surface area contributed by atoms with Gasteiger partial charge in [0.15, 0.2) is 0 Å². The number of rotatable bonds is 5. The van der Waals surface area contributed by atoms with Gasteiger partial charge in [-0.3, -0.25) is 9.36 Å². The van der Waals surface area contributed by atoms with Crippen molar-refractivity contribution in [3.63, 3.8) is 0 Å². The molecular formula is C23H21F3N6O. The second-order valence-electron chi connectivity index (χ2n) is 7.53. The van der Waals surface area contributed by atoms with Crippen LogP contribution >= 0.6 is 0 Å². The summed E-state index contributed by atoms with van der Waals surface area (Å²) < 4.78 is 41.4. The number of nitrogens with zero attached hydrogens (tertiary/aromatic N) is 4. The molecule has 0 aliphatic heterocycles. The van der Waals surface area contributed by atoms with Gasteiger partial charge >= 0.3 is 6.18 Å². The number of anilines is 3. The Hall–Kier alpha value is -4.08. The van der Waals surface area contributed by atoms with E-state index in [1.807, 2.05) is 0 Å². The summed E-state index contributed by atoms with van der Waals surface area (Å²) in [6.45, 7) is 0. The Morgan fingerprint density at radius 1 is 1.06 bits per heavy atom. The number of hydrogen-bond donors (Lipinski definition) is 2. The average Bonchev–Trinajstić information content (AvgIpc) is 3.16. The topological polar surface area (TPSA) is 75.1 Å². The van der Waals surface area contributed by atoms with Crippen molar-refractivity contribution in [2.24, 2.45) is 0 Å². The molecule has 0 saturated carbocycles. The summed E-state index contributed by atoms with van der Waals surface area (Å²) in [7, 11) is 5.01. The first-order valence-electron chi connectivity index (χ1n) is 10.00. The van der Waals surface area contributed by atoms with Crippen LogP contribution in [0.2, 0.25) is 0 Å². The molecule has 0 atom stereocenters. The molecule has 2 aromatic heterocycles. The summed E-state index contributed by atoms with van der Waals surface area (Å²) in [5.74, 6) is 0.755. The van der Waals surface area contributed by atoms with Crippen molar-refractivity contribution in [2.75, 3.05) is 31.8 Å². The number of nitrogens with one attached hydrogen (secondary N) is 2. The molecule has 2 heterocycles. The molecule has 2 aromatic carbocycles. The Morgan fingerprint density at radius 2 is 1.79 bits per heavy atom. The molecule has 0 unspecified atom stereocenters. The zero-order valence-electron chi connectivity index (χ0n) is 18.1. The third-order valence-corrected chi connectivity index (χ3v) is 5.01. The molecule has 1 amide bonds. The van der Waals surface area contributed by atoms with Crippen molar-refractivity contribution in [3.8, 4) is 5.69 Å². The molecule has 4 aromatic rings. The number of amides is 1. The molecular weight excluding hydrogens is 433 g/mol. The van der Waals surface area contributed by atoms with Crippen molar-refractivity contribution >= 4 is 34.4 Å². The molecule has 0 fully saturated rings. The first-order valence-corrected chi connectivity index (χ1v) is 10.00. The van der Waals surface area contributed by atoms with Gasteiger partial charge in [0.2, 0.25) is 5.95 Å². The molecule has 0 saturated heterocycles. The van der Waals surface area contributed by atoms with Crippen LogP contribution in [0.4, 0.5) is 30.6 Å². The molecule has 2 N–H and O–H groups in total. The maximum absolute atomic E-state index is 13.3. The van der Waals surface area contributed by atoms with Gasteiger partial charge in [-0.05, 0) is 42.5 Å². The van der Waals surface area contributed by atoms with Crippen molar-refractivity contribution in [2.45, 2.75) is 6.18 Å². The fraction of sp³-hybridized carbons (Fsp3) is 0.174. The Bertz CT molecular complexity index is 1310. The highest BCUT2D eigenvalue weighted by atomic mass is 19.4. The Balaban J connectivity index is 1.72. The van der Waals surface area contributed by atoms with Crippen LogP contribution in [0.25, 0.3) is 16.7 Å². The maximum Gasteiger partial charge on any atom is 0.416 e. The second kappa shape index (κ2) is 8.45. The molecule has 33 heavy (non-hydrogen) atoms. The van der Waals surface area contributed by atoms with E-state index in [1.54, 1.807) is 68.3 Å². The predicted octanol–water partition coefficient (Wildman–Crippen LogP) is 4.93. The summed E-state index contributed by atoms with van der Waals surface area (Å²) >= 11 is 0. The van der Waals surface area contributed by atoms with Crippen LogP contribution in [0.15, 0.2) is 60.8 Å². The molecule has 0 spiro atoms. The lowest BCUT2D eigenvalue weighted by Crippen LogP contribution is -2.21. The summed E-state index contributed by atoms with van der Waals surface area (Å²) in [5.41, 5.74) is 1.93. The third kappa shape index (κ3) is 4.45. The number of pyridine rings is 1. The Labute approximate surface area is 187 Å². The highest BCUT2D eigenvalue weighted by molar-refractivity contribution is 5.94. The van der Waals surface area contributed by atoms with E-state index in [2.05, 4.69) is 20.6 Å². The minimum absolute atomic E-state index is 0.106. The molecule has 0 bridgehead atoms. The van der Waals surface area contributed by atoms with E-state index in [1.165, 1.54) is 11.0 Å². The number of fused-ring (bicyclic) bond motifs is 1. The van der Waals surface area contributed by atoms with Gasteiger partial charge in [-0.1, -0.05) is 6.07 Å². The summed E-state index contributed by atoms with van der Waals surface area (Å²) in [4.78, 5) is 22.3. The van der Waals surface area contributed by atoms with Gasteiger partial charge in [-0.2, -0.15) is 13.2 Å². The van der Waals surface area contributed by atoms with E-state index >= 15 is 0 Å². The van der Waals surface area contributed by atoms with Gasteiger partial charge < -0.3 is 15.5 Å². The fourth-order valence-electron chi connectivity index (χ4n) is 3.40. The van der Waals surface area contributed by atoms with E-state index in [0.29, 0.717) is 39.7 Å². The van der Waals surface area contributed by atoms with Gasteiger partial charge in [0, 0.05) is 44.1 Å². The van der Waals surface area contributed by atoms with E-state index in [0.717, 1.165) is 12.1 Å². The van der Waals surface area contributed by atoms with Gasteiger partial charge in [-0.25, -0.2) is 9.97 Å². The molecule has 0 aliphatic rings. The van der Waals surface area contributed by atoms with Crippen molar-refractivity contribution in [3.05, 3.63) is 71.9 Å². The van der Waals surface area contributed by atoms with Crippen LogP contribution in [-0.4, -0.2) is 46.5 Å². The van der Waals surface area contributed by atoms with Gasteiger partial charge in [0.1, 0.15) is 11.3 Å². The van der Waals surface area contributed by atoms with E-state index in [9.17, 15) is 18.0 Å². The Morgan fingerprint density at radius 3 is 2.42 bits per heavy atom. The van der Waals surface area contributed by atoms with E-state index in [-0.39, 0.29) is 5.91 Å². The van der Waals surface area contributed by atoms with E-state index < -0.39 is 11.7 Å². The number of imidazole rings is 1. The molecule has 7 nitrogen and oxygen atoms in total. The molecule has 0 aliphatic carbocycles. The maximum atomic E-state index is 13.3. The standard InChI is InChI=1S/C23H21F3N6O/c1-27-22-30-18-13-28-20(29-16-9-7-14(8-10-16)21(33)31(2)3)12-19(18)32(22)17-6-4-5-15(11-17)23(24,25)26/h4-13H,1-3H3,(H,27,30)(H,28,29). The average molecular weight is 454 g/mol. The lowest BCUT2D eigenvalue weighted by atomic mass is 10.2. The smallest absolute Gasteiger partial charge is 0.358 e. The van der Waals surface area contributed by atoms with Gasteiger partial charge in [0.25, 0.3) is 5.91 Å². The van der Waals surface area contributed by atoms with Crippen molar-refractivity contribution in [1.29, 1.82) is 0 Å². The lowest BCUT2D eigenvalue weighted by Gasteiger charge is -2.13. The number of benzene rings is 2. The predicted molar refractivity (Wildman–Crippen MR) is 121 cm³/mol. The molecule has 10 heteroatoms. The number of alkyl halides is 3. The van der Waals surface area contributed by atoms with Gasteiger partial charge in [0.05, 0.1) is 17.3 Å².